The van der Waals surface area contributed by atoms with Crippen molar-refractivity contribution < 1.29 is 14.3 Å². The summed E-state index contributed by atoms with van der Waals surface area (Å²) in [7, 11) is 3.11. The predicted octanol–water partition coefficient (Wildman–Crippen LogP) is 2.46. The van der Waals surface area contributed by atoms with E-state index in [-0.39, 0.29) is 16.8 Å². The number of carbonyl (C=O) groups excluding carboxylic acids is 1. The number of thioether (sulfide) groups is 1. The van der Waals surface area contributed by atoms with Gasteiger partial charge in [0.25, 0.3) is 0 Å². The second kappa shape index (κ2) is 8.69. The van der Waals surface area contributed by atoms with Gasteiger partial charge in [0.2, 0.25) is 11.1 Å². The minimum atomic E-state index is -0.262. The number of rotatable bonds is 7. The van der Waals surface area contributed by atoms with Crippen LogP contribution in [0.15, 0.2) is 41.7 Å². The molecule has 1 N–H and O–H groups in total. The Morgan fingerprint density at radius 1 is 1.30 bits per heavy atom. The lowest BCUT2D eigenvalue weighted by atomic mass is 10.3. The molecular formula is C16H15ClN6O3S. The molecule has 140 valence electrons. The van der Waals surface area contributed by atoms with E-state index in [1.54, 1.807) is 50.7 Å². The van der Waals surface area contributed by atoms with Crippen LogP contribution >= 0.6 is 23.4 Å². The number of nitrogens with zero attached hydrogens (tertiary/aromatic N) is 5. The number of tetrazole rings is 1. The van der Waals surface area contributed by atoms with Gasteiger partial charge in [-0.3, -0.25) is 4.79 Å². The molecule has 0 saturated carbocycles. The Kier molecular flexibility index (Phi) is 6.09. The molecule has 0 saturated heterocycles. The first-order valence-corrected chi connectivity index (χ1v) is 9.02. The van der Waals surface area contributed by atoms with E-state index in [9.17, 15) is 4.79 Å². The van der Waals surface area contributed by atoms with E-state index in [1.165, 1.54) is 16.4 Å². The van der Waals surface area contributed by atoms with Crippen LogP contribution in [0.5, 0.6) is 11.5 Å². The van der Waals surface area contributed by atoms with Crippen LogP contribution in [0.2, 0.25) is 5.15 Å². The molecule has 0 aliphatic heterocycles. The lowest BCUT2D eigenvalue weighted by molar-refractivity contribution is -0.113. The third-order valence-electron chi connectivity index (χ3n) is 3.42. The van der Waals surface area contributed by atoms with E-state index in [0.717, 1.165) is 0 Å². The van der Waals surface area contributed by atoms with Crippen molar-refractivity contribution in [1.29, 1.82) is 0 Å². The zero-order valence-corrected chi connectivity index (χ0v) is 16.0. The first kappa shape index (κ1) is 18.9. The summed E-state index contributed by atoms with van der Waals surface area (Å²) in [6.07, 6.45) is 1.54. The maximum Gasteiger partial charge on any atom is 0.234 e. The fourth-order valence-corrected chi connectivity index (χ4v) is 3.03. The van der Waals surface area contributed by atoms with Gasteiger partial charge in [0.15, 0.2) is 5.15 Å². The molecule has 0 unspecified atom stereocenters. The van der Waals surface area contributed by atoms with E-state index in [2.05, 4.69) is 25.8 Å². The number of ether oxygens (including phenoxy) is 2. The molecule has 0 aliphatic rings. The molecule has 3 rings (SSSR count). The molecule has 1 amide bonds. The number of nitrogens with one attached hydrogen (secondary N) is 1. The Balaban J connectivity index is 1.74. The maximum absolute atomic E-state index is 12.2. The number of carbonyl (C=O) groups is 1. The summed E-state index contributed by atoms with van der Waals surface area (Å²) >= 11 is 7.11. The molecule has 2 heterocycles. The summed E-state index contributed by atoms with van der Waals surface area (Å²) in [5, 5.41) is 15.0. The molecule has 1 aromatic carbocycles. The highest BCUT2D eigenvalue weighted by molar-refractivity contribution is 7.99. The number of benzene rings is 1. The maximum atomic E-state index is 12.2. The molecule has 0 bridgehead atoms. The number of hydrogen-bond acceptors (Lipinski definition) is 8. The lowest BCUT2D eigenvalue weighted by Crippen LogP contribution is -2.15. The van der Waals surface area contributed by atoms with Crippen LogP contribution < -0.4 is 14.8 Å². The van der Waals surface area contributed by atoms with E-state index < -0.39 is 0 Å². The van der Waals surface area contributed by atoms with Gasteiger partial charge in [-0.2, -0.15) is 4.68 Å². The van der Waals surface area contributed by atoms with Gasteiger partial charge in [0, 0.05) is 12.3 Å². The van der Waals surface area contributed by atoms with E-state index in [0.29, 0.717) is 28.0 Å². The van der Waals surface area contributed by atoms with Gasteiger partial charge >= 0.3 is 0 Å². The average molecular weight is 407 g/mol. The first-order chi connectivity index (χ1) is 13.1. The average Bonchev–Trinajstić information content (AvgIpc) is 3.16. The van der Waals surface area contributed by atoms with Crippen LogP contribution in [0, 0.1) is 0 Å². The summed E-state index contributed by atoms with van der Waals surface area (Å²) in [6.45, 7) is 0. The number of amides is 1. The summed E-state index contributed by atoms with van der Waals surface area (Å²) < 4.78 is 12.1. The SMILES string of the molecule is COc1ccc(OC)c(-n2nnnc2SCC(=O)Nc2cccnc2Cl)c1. The quantitative estimate of drug-likeness (QED) is 0.471. The highest BCUT2D eigenvalue weighted by Crippen LogP contribution is 2.29. The van der Waals surface area contributed by atoms with Gasteiger partial charge in [0.1, 0.15) is 17.2 Å². The van der Waals surface area contributed by atoms with Crippen molar-refractivity contribution in [2.24, 2.45) is 0 Å². The number of anilines is 1. The van der Waals surface area contributed by atoms with Crippen molar-refractivity contribution in [2.45, 2.75) is 5.16 Å². The molecule has 27 heavy (non-hydrogen) atoms. The van der Waals surface area contributed by atoms with Crippen molar-refractivity contribution in [3.05, 3.63) is 41.7 Å². The van der Waals surface area contributed by atoms with Crippen LogP contribution in [0.25, 0.3) is 5.69 Å². The number of methoxy groups -OCH3 is 2. The zero-order chi connectivity index (χ0) is 19.2. The van der Waals surface area contributed by atoms with Gasteiger partial charge in [0.05, 0.1) is 25.7 Å². The molecule has 9 nitrogen and oxygen atoms in total. The van der Waals surface area contributed by atoms with Crippen LogP contribution in [0.1, 0.15) is 0 Å². The van der Waals surface area contributed by atoms with Crippen LogP contribution in [0.3, 0.4) is 0 Å². The van der Waals surface area contributed by atoms with Gasteiger partial charge in [-0.1, -0.05) is 23.4 Å². The normalized spacial score (nSPS) is 10.5. The molecule has 0 radical (unpaired) electrons. The molecule has 3 aromatic rings. The molecule has 2 aromatic heterocycles. The predicted molar refractivity (Wildman–Crippen MR) is 101 cm³/mol. The van der Waals surface area contributed by atoms with E-state index in [1.807, 2.05) is 0 Å². The van der Waals surface area contributed by atoms with Gasteiger partial charge in [-0.25, -0.2) is 4.98 Å². The van der Waals surface area contributed by atoms with Crippen molar-refractivity contribution in [2.75, 3.05) is 25.3 Å². The zero-order valence-electron chi connectivity index (χ0n) is 14.4. The van der Waals surface area contributed by atoms with Crippen LogP contribution in [-0.4, -0.2) is 51.1 Å². The Bertz CT molecular complexity index is 951. The highest BCUT2D eigenvalue weighted by Gasteiger charge is 2.16. The summed E-state index contributed by atoms with van der Waals surface area (Å²) in [4.78, 5) is 16.1. The fraction of sp³-hybridized carbons (Fsp3) is 0.188. The van der Waals surface area contributed by atoms with Crippen molar-refractivity contribution >= 4 is 35.0 Å². The molecule has 0 fully saturated rings. The number of halogens is 1. The third-order valence-corrected chi connectivity index (χ3v) is 4.64. The fourth-order valence-electron chi connectivity index (χ4n) is 2.18. The largest absolute Gasteiger partial charge is 0.497 e. The van der Waals surface area contributed by atoms with Gasteiger partial charge < -0.3 is 14.8 Å². The molecule has 11 heteroatoms. The molecule has 0 atom stereocenters. The summed E-state index contributed by atoms with van der Waals surface area (Å²) in [5.74, 6) is 1.01. The number of aromatic nitrogens is 5. The lowest BCUT2D eigenvalue weighted by Gasteiger charge is -2.11. The first-order valence-electron chi connectivity index (χ1n) is 7.66. The minimum absolute atomic E-state index is 0.0812. The van der Waals surface area contributed by atoms with Crippen molar-refractivity contribution in [3.8, 4) is 17.2 Å². The van der Waals surface area contributed by atoms with Crippen LogP contribution in [0.4, 0.5) is 5.69 Å². The monoisotopic (exact) mass is 406 g/mol. The van der Waals surface area contributed by atoms with Gasteiger partial charge in [-0.05, 0) is 34.7 Å². The number of pyridine rings is 1. The summed E-state index contributed by atoms with van der Waals surface area (Å²) in [6, 6.07) is 8.62. The Labute approximate surface area is 164 Å². The Morgan fingerprint density at radius 3 is 2.89 bits per heavy atom. The second-order valence-electron chi connectivity index (χ2n) is 5.09. The molecular weight excluding hydrogens is 392 g/mol. The summed E-state index contributed by atoms with van der Waals surface area (Å²) in [5.41, 5.74) is 1.04. The van der Waals surface area contributed by atoms with E-state index >= 15 is 0 Å². The van der Waals surface area contributed by atoms with Crippen LogP contribution in [-0.2, 0) is 4.79 Å². The third kappa shape index (κ3) is 4.47. The smallest absolute Gasteiger partial charge is 0.234 e. The highest BCUT2D eigenvalue weighted by atomic mass is 35.5. The second-order valence-corrected chi connectivity index (χ2v) is 6.39. The molecule has 0 spiro atoms. The minimum Gasteiger partial charge on any atom is -0.497 e. The Hall–Kier alpha value is -2.85. The van der Waals surface area contributed by atoms with E-state index in [4.69, 9.17) is 21.1 Å². The van der Waals surface area contributed by atoms with Crippen molar-refractivity contribution in [3.63, 3.8) is 0 Å². The van der Waals surface area contributed by atoms with Gasteiger partial charge in [-0.15, -0.1) is 5.10 Å². The Morgan fingerprint density at radius 2 is 2.15 bits per heavy atom. The molecule has 0 aliphatic carbocycles. The van der Waals surface area contributed by atoms with Crippen molar-refractivity contribution in [1.82, 2.24) is 25.2 Å². The topological polar surface area (TPSA) is 104 Å². The standard InChI is InChI=1S/C16H15ClN6O3S/c1-25-10-5-6-13(26-2)12(8-10)23-16(20-21-22-23)27-9-14(24)19-11-4-3-7-18-15(11)17/h3-8H,9H2,1-2H3,(H,19,24). The number of hydrogen-bond donors (Lipinski definition) is 1.